The number of nitro benzene ring substituents is 1. The van der Waals surface area contributed by atoms with Gasteiger partial charge in [0.05, 0.1) is 23.9 Å². The van der Waals surface area contributed by atoms with E-state index in [0.717, 1.165) is 0 Å². The molecule has 186 valence electrons. The number of benzene rings is 3. The van der Waals surface area contributed by atoms with Gasteiger partial charge in [0.1, 0.15) is 6.04 Å². The molecular weight excluding hydrogens is 462 g/mol. The Balaban J connectivity index is 1.99. The van der Waals surface area contributed by atoms with E-state index in [-0.39, 0.29) is 18.7 Å². The molecule has 0 heterocycles. The third-order valence-corrected chi connectivity index (χ3v) is 5.76. The van der Waals surface area contributed by atoms with Gasteiger partial charge in [-0.05, 0) is 23.6 Å². The van der Waals surface area contributed by atoms with Crippen LogP contribution in [0.15, 0.2) is 84.9 Å². The Kier molecular flexibility index (Phi) is 8.88. The van der Waals surface area contributed by atoms with E-state index in [9.17, 15) is 24.5 Å². The molecule has 2 atom stereocenters. The molecule has 3 aromatic carbocycles. The predicted octanol–water partition coefficient (Wildman–Crippen LogP) is 3.43. The molecule has 2 amide bonds. The van der Waals surface area contributed by atoms with Crippen LogP contribution in [0, 0.1) is 10.1 Å². The highest BCUT2D eigenvalue weighted by atomic mass is 16.6. The van der Waals surface area contributed by atoms with Crippen LogP contribution in [0.4, 0.5) is 5.69 Å². The summed E-state index contributed by atoms with van der Waals surface area (Å²) in [7, 11) is 0. The van der Waals surface area contributed by atoms with E-state index in [1.807, 2.05) is 60.7 Å². The predicted molar refractivity (Wildman–Crippen MR) is 133 cm³/mol. The number of nitrogens with zero attached hydrogens (tertiary/aromatic N) is 1. The first-order chi connectivity index (χ1) is 17.3. The Morgan fingerprint density at radius 1 is 0.889 bits per heavy atom. The highest BCUT2D eigenvalue weighted by molar-refractivity contribution is 5.93. The van der Waals surface area contributed by atoms with Gasteiger partial charge in [-0.25, -0.2) is 0 Å². The lowest BCUT2D eigenvalue weighted by Crippen LogP contribution is -2.50. The second kappa shape index (κ2) is 12.3. The number of carbonyl (C=O) groups is 3. The van der Waals surface area contributed by atoms with E-state index in [0.29, 0.717) is 16.7 Å². The number of hydrogen-bond acceptors (Lipinski definition) is 6. The summed E-state index contributed by atoms with van der Waals surface area (Å²) in [5, 5.41) is 13.8. The van der Waals surface area contributed by atoms with Crippen LogP contribution < -0.4 is 11.1 Å². The number of rotatable bonds is 11. The summed E-state index contributed by atoms with van der Waals surface area (Å²) in [6.07, 6.45) is -0.263. The van der Waals surface area contributed by atoms with Gasteiger partial charge in [0.2, 0.25) is 11.8 Å². The van der Waals surface area contributed by atoms with Gasteiger partial charge in [0.25, 0.3) is 5.69 Å². The lowest BCUT2D eigenvalue weighted by molar-refractivity contribution is -0.384. The first-order valence-corrected chi connectivity index (χ1v) is 11.4. The van der Waals surface area contributed by atoms with Crippen LogP contribution in [0.3, 0.4) is 0 Å². The zero-order valence-corrected chi connectivity index (χ0v) is 19.7. The van der Waals surface area contributed by atoms with Crippen molar-refractivity contribution in [2.24, 2.45) is 5.73 Å². The topological polar surface area (TPSA) is 142 Å². The van der Waals surface area contributed by atoms with Crippen LogP contribution in [0.25, 0.3) is 0 Å². The molecule has 0 aliphatic rings. The van der Waals surface area contributed by atoms with Gasteiger partial charge in [-0.1, -0.05) is 72.8 Å². The van der Waals surface area contributed by atoms with Crippen molar-refractivity contribution in [2.75, 3.05) is 6.61 Å². The summed E-state index contributed by atoms with van der Waals surface area (Å²) >= 11 is 0. The molecule has 0 saturated heterocycles. The maximum Gasteiger partial charge on any atom is 0.306 e. The SMILES string of the molecule is CCOC(=O)C[C@@H](c1ccc([N+](=O)[O-])cc1)[C@H](NC(=O)C(c1ccccc1)c1ccccc1)C(N)=O. The third kappa shape index (κ3) is 6.53. The Morgan fingerprint density at radius 2 is 1.42 bits per heavy atom. The fourth-order valence-electron chi connectivity index (χ4n) is 4.06. The number of nitrogens with two attached hydrogens (primary N) is 1. The number of ether oxygens (including phenoxy) is 1. The number of primary amides is 1. The number of hydrogen-bond donors (Lipinski definition) is 2. The van der Waals surface area contributed by atoms with Gasteiger partial charge in [-0.15, -0.1) is 0 Å². The summed E-state index contributed by atoms with van der Waals surface area (Å²) in [6.45, 7) is 1.78. The molecule has 0 aliphatic heterocycles. The molecule has 3 rings (SSSR count). The normalized spacial score (nSPS) is 12.4. The minimum absolute atomic E-state index is 0.128. The van der Waals surface area contributed by atoms with E-state index in [1.165, 1.54) is 24.3 Å². The number of carbonyl (C=O) groups excluding carboxylic acids is 3. The molecule has 0 fully saturated rings. The average molecular weight is 490 g/mol. The maximum atomic E-state index is 13.6. The standard InChI is InChI=1S/C27H27N3O6/c1-2-36-23(31)17-22(18-13-15-21(16-14-18)30(34)35)25(26(28)32)29-27(33)24(19-9-5-3-6-10-19)20-11-7-4-8-12-20/h3-16,22,24-25H,2,17H2,1H3,(H2,28,32)(H,29,33)/t22-,25-/m0/s1. The summed E-state index contributed by atoms with van der Waals surface area (Å²) < 4.78 is 5.06. The molecule has 0 aromatic heterocycles. The number of non-ortho nitro benzene ring substituents is 1. The Labute approximate surface area is 208 Å². The molecule has 0 bridgehead atoms. The van der Waals surface area contributed by atoms with Crippen LogP contribution in [-0.2, 0) is 19.1 Å². The zero-order chi connectivity index (χ0) is 26.1. The smallest absolute Gasteiger partial charge is 0.306 e. The van der Waals surface area contributed by atoms with Gasteiger partial charge in [-0.2, -0.15) is 0 Å². The van der Waals surface area contributed by atoms with Gasteiger partial charge >= 0.3 is 5.97 Å². The molecule has 9 nitrogen and oxygen atoms in total. The molecule has 0 spiro atoms. The fourth-order valence-corrected chi connectivity index (χ4v) is 4.06. The second-order valence-corrected chi connectivity index (χ2v) is 8.11. The van der Waals surface area contributed by atoms with Crippen LogP contribution in [0.1, 0.15) is 41.9 Å². The summed E-state index contributed by atoms with van der Waals surface area (Å²) in [6, 6.07) is 22.3. The molecule has 9 heteroatoms. The van der Waals surface area contributed by atoms with Crippen molar-refractivity contribution >= 4 is 23.5 Å². The largest absolute Gasteiger partial charge is 0.466 e. The van der Waals surface area contributed by atoms with Crippen molar-refractivity contribution in [3.05, 3.63) is 112 Å². The van der Waals surface area contributed by atoms with Crippen LogP contribution >= 0.6 is 0 Å². The molecule has 3 aromatic rings. The summed E-state index contributed by atoms with van der Waals surface area (Å²) in [5.41, 5.74) is 7.41. The summed E-state index contributed by atoms with van der Waals surface area (Å²) in [4.78, 5) is 49.2. The van der Waals surface area contributed by atoms with E-state index >= 15 is 0 Å². The molecule has 0 unspecified atom stereocenters. The quantitative estimate of drug-likeness (QED) is 0.240. The van der Waals surface area contributed by atoms with Crippen molar-refractivity contribution in [1.29, 1.82) is 0 Å². The minimum atomic E-state index is -1.28. The number of amides is 2. The molecule has 0 aliphatic carbocycles. The van der Waals surface area contributed by atoms with Gasteiger partial charge in [0.15, 0.2) is 0 Å². The van der Waals surface area contributed by atoms with Crippen molar-refractivity contribution in [3.63, 3.8) is 0 Å². The first-order valence-electron chi connectivity index (χ1n) is 11.4. The summed E-state index contributed by atoms with van der Waals surface area (Å²) in [5.74, 6) is -3.57. The molecule has 0 saturated carbocycles. The van der Waals surface area contributed by atoms with Gasteiger partial charge in [-0.3, -0.25) is 24.5 Å². The third-order valence-electron chi connectivity index (χ3n) is 5.76. The Bertz CT molecular complexity index is 1160. The van der Waals surface area contributed by atoms with Gasteiger partial charge < -0.3 is 15.8 Å². The van der Waals surface area contributed by atoms with E-state index in [4.69, 9.17) is 10.5 Å². The first kappa shape index (κ1) is 26.1. The van der Waals surface area contributed by atoms with Crippen LogP contribution in [0.2, 0.25) is 0 Å². The number of esters is 1. The van der Waals surface area contributed by atoms with Crippen LogP contribution in [0.5, 0.6) is 0 Å². The maximum absolute atomic E-state index is 13.6. The Morgan fingerprint density at radius 3 is 1.86 bits per heavy atom. The molecule has 3 N–H and O–H groups in total. The fraction of sp³-hybridized carbons (Fsp3) is 0.222. The molecule has 0 radical (unpaired) electrons. The van der Waals surface area contributed by atoms with E-state index < -0.39 is 40.6 Å². The van der Waals surface area contributed by atoms with E-state index in [2.05, 4.69) is 5.32 Å². The molecule has 36 heavy (non-hydrogen) atoms. The highest BCUT2D eigenvalue weighted by Crippen LogP contribution is 2.29. The molecular formula is C27H27N3O6. The lowest BCUT2D eigenvalue weighted by atomic mass is 9.86. The van der Waals surface area contributed by atoms with E-state index in [1.54, 1.807) is 6.92 Å². The van der Waals surface area contributed by atoms with Crippen molar-refractivity contribution in [3.8, 4) is 0 Å². The van der Waals surface area contributed by atoms with Crippen molar-refractivity contribution < 1.29 is 24.0 Å². The van der Waals surface area contributed by atoms with Crippen molar-refractivity contribution in [2.45, 2.75) is 31.2 Å². The number of nitrogens with one attached hydrogen (secondary N) is 1. The average Bonchev–Trinajstić information content (AvgIpc) is 2.87. The number of nitro groups is 1. The van der Waals surface area contributed by atoms with Crippen LogP contribution in [-0.4, -0.2) is 35.4 Å². The monoisotopic (exact) mass is 489 g/mol. The minimum Gasteiger partial charge on any atom is -0.466 e. The van der Waals surface area contributed by atoms with Crippen molar-refractivity contribution in [1.82, 2.24) is 5.32 Å². The highest BCUT2D eigenvalue weighted by Gasteiger charge is 2.34. The Hall–Kier alpha value is -4.53. The zero-order valence-electron chi connectivity index (χ0n) is 19.7. The second-order valence-electron chi connectivity index (χ2n) is 8.11. The lowest BCUT2D eigenvalue weighted by Gasteiger charge is -2.28. The van der Waals surface area contributed by atoms with Gasteiger partial charge in [0, 0.05) is 18.1 Å².